The third-order valence-corrected chi connectivity index (χ3v) is 1.51. The highest BCUT2D eigenvalue weighted by atomic mass is 16.3. The molecule has 2 N–H and O–H groups in total. The molecule has 2 nitrogen and oxygen atoms in total. The zero-order chi connectivity index (χ0) is 8.69. The summed E-state index contributed by atoms with van der Waals surface area (Å²) >= 11 is 0. The predicted molar refractivity (Wildman–Crippen MR) is 46.4 cm³/mol. The van der Waals surface area contributed by atoms with Crippen LogP contribution < -0.4 is 0 Å². The van der Waals surface area contributed by atoms with Crippen molar-refractivity contribution in [1.82, 2.24) is 0 Å². The lowest BCUT2D eigenvalue weighted by Crippen LogP contribution is -2.07. The monoisotopic (exact) mass is 158 g/mol. The molecule has 0 aromatic carbocycles. The van der Waals surface area contributed by atoms with Gasteiger partial charge in [0.15, 0.2) is 0 Å². The maximum absolute atomic E-state index is 9.17. The molecule has 0 rings (SSSR count). The topological polar surface area (TPSA) is 40.5 Å². The largest absolute Gasteiger partial charge is 0.396 e. The Morgan fingerprint density at radius 3 is 2.45 bits per heavy atom. The summed E-state index contributed by atoms with van der Waals surface area (Å²) in [6, 6.07) is 0. The van der Waals surface area contributed by atoms with Crippen molar-refractivity contribution in [3.63, 3.8) is 0 Å². The van der Waals surface area contributed by atoms with Gasteiger partial charge in [0, 0.05) is 6.61 Å². The van der Waals surface area contributed by atoms with Crippen LogP contribution in [-0.4, -0.2) is 22.9 Å². The maximum atomic E-state index is 9.17. The van der Waals surface area contributed by atoms with Crippen LogP contribution in [0.4, 0.5) is 0 Å². The van der Waals surface area contributed by atoms with Crippen LogP contribution in [0.25, 0.3) is 0 Å². The Labute approximate surface area is 68.6 Å². The molecule has 0 aliphatic heterocycles. The summed E-state index contributed by atoms with van der Waals surface area (Å²) < 4.78 is 0. The first-order valence-electron chi connectivity index (χ1n) is 4.09. The zero-order valence-electron chi connectivity index (χ0n) is 7.38. The molecule has 0 heterocycles. The number of aliphatic hydroxyl groups is 2. The van der Waals surface area contributed by atoms with Gasteiger partial charge < -0.3 is 10.2 Å². The second kappa shape index (κ2) is 6.38. The molecule has 1 atom stereocenters. The molecule has 0 aromatic heterocycles. The smallest absolute Gasteiger partial charge is 0.0565 e. The molecule has 0 spiro atoms. The minimum atomic E-state index is -0.337. The number of hydrogen-bond donors (Lipinski definition) is 2. The predicted octanol–water partition coefficient (Wildman–Crippen LogP) is 1.48. The molecule has 66 valence electrons. The number of rotatable bonds is 5. The van der Waals surface area contributed by atoms with E-state index in [1.807, 2.05) is 13.8 Å². The Hall–Kier alpha value is -0.340. The van der Waals surface area contributed by atoms with Crippen molar-refractivity contribution in [3.05, 3.63) is 11.6 Å². The molecule has 0 aliphatic rings. The van der Waals surface area contributed by atoms with Gasteiger partial charge in [-0.2, -0.15) is 0 Å². The van der Waals surface area contributed by atoms with Crippen LogP contribution in [0.5, 0.6) is 0 Å². The van der Waals surface area contributed by atoms with E-state index in [1.54, 1.807) is 0 Å². The molecular weight excluding hydrogens is 140 g/mol. The van der Waals surface area contributed by atoms with E-state index in [9.17, 15) is 5.11 Å². The van der Waals surface area contributed by atoms with Gasteiger partial charge in [-0.3, -0.25) is 0 Å². The summed E-state index contributed by atoms with van der Waals surface area (Å²) in [5.74, 6) is 0. The first-order valence-corrected chi connectivity index (χ1v) is 4.09. The van der Waals surface area contributed by atoms with Gasteiger partial charge in [0.2, 0.25) is 0 Å². The molecule has 0 saturated heterocycles. The van der Waals surface area contributed by atoms with E-state index in [4.69, 9.17) is 5.11 Å². The number of hydrogen-bond acceptors (Lipinski definition) is 2. The number of allylic oxidation sites excluding steroid dienone is 2. The Bertz CT molecular complexity index is 115. The lowest BCUT2D eigenvalue weighted by atomic mass is 10.1. The van der Waals surface area contributed by atoms with Crippen LogP contribution in [0.3, 0.4) is 0 Å². The van der Waals surface area contributed by atoms with Crippen molar-refractivity contribution in [2.45, 2.75) is 39.2 Å². The van der Waals surface area contributed by atoms with Crippen molar-refractivity contribution in [2.75, 3.05) is 6.61 Å². The highest BCUT2D eigenvalue weighted by Gasteiger charge is 2.00. The van der Waals surface area contributed by atoms with Crippen molar-refractivity contribution >= 4 is 0 Å². The number of aliphatic hydroxyl groups excluding tert-OH is 2. The third-order valence-electron chi connectivity index (χ3n) is 1.51. The summed E-state index contributed by atoms with van der Waals surface area (Å²) in [6.45, 7) is 4.16. The molecule has 2 heteroatoms. The molecule has 0 bridgehead atoms. The van der Waals surface area contributed by atoms with E-state index < -0.39 is 0 Å². The van der Waals surface area contributed by atoms with Gasteiger partial charge in [0.1, 0.15) is 0 Å². The minimum absolute atomic E-state index is 0.0794. The zero-order valence-corrected chi connectivity index (χ0v) is 7.38. The van der Waals surface area contributed by atoms with Crippen LogP contribution in [0.1, 0.15) is 33.1 Å². The van der Waals surface area contributed by atoms with Crippen LogP contribution in [0.2, 0.25) is 0 Å². The average Bonchev–Trinajstić information content (AvgIpc) is 1.87. The van der Waals surface area contributed by atoms with Crippen LogP contribution in [0.15, 0.2) is 11.6 Å². The van der Waals surface area contributed by atoms with E-state index in [0.29, 0.717) is 6.42 Å². The van der Waals surface area contributed by atoms with E-state index in [2.05, 4.69) is 6.08 Å². The van der Waals surface area contributed by atoms with Crippen molar-refractivity contribution in [1.29, 1.82) is 0 Å². The van der Waals surface area contributed by atoms with Crippen molar-refractivity contribution in [3.8, 4) is 0 Å². The Kier molecular flexibility index (Phi) is 6.18. The Morgan fingerprint density at radius 1 is 1.36 bits per heavy atom. The van der Waals surface area contributed by atoms with E-state index in [-0.39, 0.29) is 12.7 Å². The highest BCUT2D eigenvalue weighted by molar-refractivity contribution is 4.92. The molecule has 0 saturated carbocycles. The fraction of sp³-hybridized carbons (Fsp3) is 0.778. The Morgan fingerprint density at radius 2 is 2.00 bits per heavy atom. The van der Waals surface area contributed by atoms with Gasteiger partial charge in [-0.05, 0) is 33.1 Å². The molecule has 0 amide bonds. The SMILES string of the molecule is CC(C)=CCC[C@@H](O)CCO. The second-order valence-corrected chi connectivity index (χ2v) is 3.02. The quantitative estimate of drug-likeness (QED) is 0.595. The van der Waals surface area contributed by atoms with Crippen LogP contribution in [0, 0.1) is 0 Å². The molecule has 0 fully saturated rings. The average molecular weight is 158 g/mol. The van der Waals surface area contributed by atoms with E-state index in [1.165, 1.54) is 5.57 Å². The lowest BCUT2D eigenvalue weighted by molar-refractivity contribution is 0.126. The summed E-state index contributed by atoms with van der Waals surface area (Å²) in [6.07, 6.45) is 3.92. The van der Waals surface area contributed by atoms with Crippen LogP contribution in [-0.2, 0) is 0 Å². The normalized spacial score (nSPS) is 12.7. The molecule has 0 aromatic rings. The fourth-order valence-electron chi connectivity index (χ4n) is 0.858. The lowest BCUT2D eigenvalue weighted by Gasteiger charge is -2.05. The van der Waals surface area contributed by atoms with Gasteiger partial charge >= 0.3 is 0 Å². The van der Waals surface area contributed by atoms with E-state index in [0.717, 1.165) is 12.8 Å². The first-order chi connectivity index (χ1) is 5.16. The summed E-state index contributed by atoms with van der Waals surface area (Å²) in [5.41, 5.74) is 1.28. The first kappa shape index (κ1) is 10.7. The van der Waals surface area contributed by atoms with Gasteiger partial charge in [0.05, 0.1) is 6.10 Å². The molecule has 0 unspecified atom stereocenters. The van der Waals surface area contributed by atoms with Gasteiger partial charge in [-0.15, -0.1) is 0 Å². The van der Waals surface area contributed by atoms with Gasteiger partial charge in [0.25, 0.3) is 0 Å². The third kappa shape index (κ3) is 7.56. The maximum Gasteiger partial charge on any atom is 0.0565 e. The molecule has 0 aliphatic carbocycles. The fourth-order valence-corrected chi connectivity index (χ4v) is 0.858. The molecular formula is C9H18O2. The summed E-state index contributed by atoms with van der Waals surface area (Å²) in [4.78, 5) is 0. The molecule has 11 heavy (non-hydrogen) atoms. The van der Waals surface area contributed by atoms with Gasteiger partial charge in [-0.1, -0.05) is 11.6 Å². The summed E-state index contributed by atoms with van der Waals surface area (Å²) in [7, 11) is 0. The van der Waals surface area contributed by atoms with Crippen molar-refractivity contribution in [2.24, 2.45) is 0 Å². The van der Waals surface area contributed by atoms with E-state index >= 15 is 0 Å². The highest BCUT2D eigenvalue weighted by Crippen LogP contribution is 2.03. The minimum Gasteiger partial charge on any atom is -0.396 e. The van der Waals surface area contributed by atoms with Crippen molar-refractivity contribution < 1.29 is 10.2 Å². The summed E-state index contributed by atoms with van der Waals surface area (Å²) in [5, 5.41) is 17.6. The Balaban J connectivity index is 3.31. The standard InChI is InChI=1S/C9H18O2/c1-8(2)4-3-5-9(11)6-7-10/h4,9-11H,3,5-7H2,1-2H3/t9-/m1/s1. The van der Waals surface area contributed by atoms with Gasteiger partial charge in [-0.25, -0.2) is 0 Å². The van der Waals surface area contributed by atoms with Crippen LogP contribution >= 0.6 is 0 Å². The second-order valence-electron chi connectivity index (χ2n) is 3.02. The molecule has 0 radical (unpaired) electrons.